The summed E-state index contributed by atoms with van der Waals surface area (Å²) >= 11 is 0. The zero-order chi connectivity index (χ0) is 28.3. The van der Waals surface area contributed by atoms with E-state index in [-0.39, 0.29) is 16.4 Å². The van der Waals surface area contributed by atoms with Gasteiger partial charge in [-0.25, -0.2) is 4.79 Å². The van der Waals surface area contributed by atoms with Gasteiger partial charge in [0, 0.05) is 11.1 Å². The maximum Gasteiger partial charge on any atom is 0.335 e. The van der Waals surface area contributed by atoms with Gasteiger partial charge in [0.05, 0.1) is 12.2 Å². The minimum absolute atomic E-state index is 0.0488. The van der Waals surface area contributed by atoms with E-state index in [2.05, 4.69) is 91.5 Å². The van der Waals surface area contributed by atoms with Gasteiger partial charge < -0.3 is 14.9 Å². The van der Waals surface area contributed by atoms with Crippen molar-refractivity contribution in [3.05, 3.63) is 88.5 Å². The lowest BCUT2D eigenvalue weighted by Crippen LogP contribution is -2.17. The molecule has 0 saturated carbocycles. The predicted octanol–water partition coefficient (Wildman–Crippen LogP) is 7.77. The highest BCUT2D eigenvalue weighted by molar-refractivity contribution is 5.87. The van der Waals surface area contributed by atoms with Crippen LogP contribution in [0, 0.1) is 17.8 Å². The van der Waals surface area contributed by atoms with Crippen molar-refractivity contribution in [3.8, 4) is 28.7 Å². The summed E-state index contributed by atoms with van der Waals surface area (Å²) in [7, 11) is 0. The summed E-state index contributed by atoms with van der Waals surface area (Å²) in [6.45, 7) is 17.9. The highest BCUT2D eigenvalue weighted by Gasteiger charge is 2.26. The Bertz CT molecular complexity index is 1320. The molecule has 4 heteroatoms. The number of carbonyl (C=O) groups is 1. The topological polar surface area (TPSA) is 66.8 Å². The summed E-state index contributed by atoms with van der Waals surface area (Å²) in [6, 6.07) is 18.8. The number of aliphatic hydroxyl groups is 1. The van der Waals surface area contributed by atoms with E-state index in [1.807, 2.05) is 12.1 Å². The minimum Gasteiger partial charge on any atom is -0.493 e. The Balaban J connectivity index is 2.13. The molecule has 4 nitrogen and oxygen atoms in total. The predicted molar refractivity (Wildman–Crippen MR) is 155 cm³/mol. The lowest BCUT2D eigenvalue weighted by Gasteiger charge is -2.28. The van der Waals surface area contributed by atoms with Gasteiger partial charge in [0.1, 0.15) is 11.9 Å². The van der Waals surface area contributed by atoms with Gasteiger partial charge in [-0.2, -0.15) is 0 Å². The first-order valence-electron chi connectivity index (χ1n) is 13.1. The maximum absolute atomic E-state index is 11.1. The number of hydrogen-bond acceptors (Lipinski definition) is 3. The minimum atomic E-state index is -1.04. The second kappa shape index (κ2) is 11.5. The second-order valence-corrected chi connectivity index (χ2v) is 12.3. The molecule has 0 amide bonds. The molecule has 0 spiro atoms. The lowest BCUT2D eigenvalue weighted by atomic mass is 9.79. The molecule has 0 saturated heterocycles. The number of aliphatic hydroxyl groups excluding tert-OH is 1. The van der Waals surface area contributed by atoms with Crippen molar-refractivity contribution in [2.24, 2.45) is 5.92 Å². The molecule has 200 valence electrons. The highest BCUT2D eigenvalue weighted by Crippen LogP contribution is 2.42. The van der Waals surface area contributed by atoms with Crippen molar-refractivity contribution in [1.29, 1.82) is 0 Å². The zero-order valence-corrected chi connectivity index (χ0v) is 23.8. The Morgan fingerprint density at radius 2 is 1.50 bits per heavy atom. The summed E-state index contributed by atoms with van der Waals surface area (Å²) in [5.74, 6) is 6.01. The molecule has 0 aromatic heterocycles. The molecule has 0 heterocycles. The smallest absolute Gasteiger partial charge is 0.335 e. The van der Waals surface area contributed by atoms with E-state index in [9.17, 15) is 9.90 Å². The van der Waals surface area contributed by atoms with Crippen LogP contribution in [-0.4, -0.2) is 22.8 Å². The van der Waals surface area contributed by atoms with Crippen LogP contribution in [0.1, 0.15) is 94.1 Å². The number of carboxylic acid groups (broad SMARTS) is 1. The fourth-order valence-electron chi connectivity index (χ4n) is 4.25. The molecular formula is C34H40O4. The molecule has 1 unspecified atom stereocenters. The van der Waals surface area contributed by atoms with Crippen LogP contribution in [0.15, 0.2) is 60.7 Å². The summed E-state index contributed by atoms with van der Waals surface area (Å²) in [5.41, 5.74) is 5.75. The molecule has 0 bridgehead atoms. The summed E-state index contributed by atoms with van der Waals surface area (Å²) < 4.78 is 6.34. The van der Waals surface area contributed by atoms with Gasteiger partial charge in [0.15, 0.2) is 0 Å². The normalized spacial score (nSPS) is 12.6. The number of benzene rings is 3. The van der Waals surface area contributed by atoms with Crippen LogP contribution in [0.5, 0.6) is 5.75 Å². The molecule has 3 rings (SSSR count). The fourth-order valence-corrected chi connectivity index (χ4v) is 4.25. The van der Waals surface area contributed by atoms with Crippen molar-refractivity contribution >= 4 is 5.97 Å². The van der Waals surface area contributed by atoms with Gasteiger partial charge >= 0.3 is 5.97 Å². The number of hydrogen-bond donors (Lipinski definition) is 2. The molecule has 0 aliphatic rings. The molecule has 0 radical (unpaired) electrons. The van der Waals surface area contributed by atoms with E-state index < -0.39 is 12.1 Å². The van der Waals surface area contributed by atoms with Crippen LogP contribution < -0.4 is 4.74 Å². The van der Waals surface area contributed by atoms with Crippen LogP contribution in [0.4, 0.5) is 0 Å². The van der Waals surface area contributed by atoms with E-state index in [1.165, 1.54) is 17.7 Å². The van der Waals surface area contributed by atoms with Crippen LogP contribution in [0.2, 0.25) is 0 Å². The number of rotatable bonds is 6. The fraction of sp³-hybridized carbons (Fsp3) is 0.382. The first-order valence-corrected chi connectivity index (χ1v) is 13.1. The average Bonchev–Trinajstić information content (AvgIpc) is 2.84. The van der Waals surface area contributed by atoms with Crippen LogP contribution >= 0.6 is 0 Å². The van der Waals surface area contributed by atoms with Gasteiger partial charge in [0.2, 0.25) is 0 Å². The zero-order valence-electron chi connectivity index (χ0n) is 23.8. The summed E-state index contributed by atoms with van der Waals surface area (Å²) in [4.78, 5) is 11.1. The number of carboxylic acids is 1. The molecular weight excluding hydrogens is 472 g/mol. The van der Waals surface area contributed by atoms with Gasteiger partial charge in [-0.05, 0) is 75.4 Å². The van der Waals surface area contributed by atoms with E-state index >= 15 is 0 Å². The van der Waals surface area contributed by atoms with Crippen LogP contribution in [0.3, 0.4) is 0 Å². The lowest BCUT2D eigenvalue weighted by molar-refractivity contribution is 0.0697. The Labute approximate surface area is 227 Å². The van der Waals surface area contributed by atoms with Crippen LogP contribution in [0.25, 0.3) is 11.1 Å². The SMILES string of the molecule is CC(C)COc1cc(C(O)C#Cc2ccc(C(=O)O)cc2)cc(-c2ccc(C(C)(C)C)cc2)c1C(C)(C)C. The summed E-state index contributed by atoms with van der Waals surface area (Å²) in [5, 5.41) is 20.2. The Morgan fingerprint density at radius 3 is 2.00 bits per heavy atom. The molecule has 2 N–H and O–H groups in total. The summed E-state index contributed by atoms with van der Waals surface area (Å²) in [6.07, 6.45) is -1.04. The first kappa shape index (κ1) is 29.0. The molecule has 0 aliphatic heterocycles. The highest BCUT2D eigenvalue weighted by atomic mass is 16.5. The quantitative estimate of drug-likeness (QED) is 0.331. The van der Waals surface area contributed by atoms with Gasteiger partial charge in [-0.15, -0.1) is 0 Å². The largest absolute Gasteiger partial charge is 0.493 e. The van der Waals surface area contributed by atoms with Gasteiger partial charge in [0.25, 0.3) is 0 Å². The van der Waals surface area contributed by atoms with Gasteiger partial charge in [-0.3, -0.25) is 0 Å². The molecule has 1 atom stereocenters. The first-order chi connectivity index (χ1) is 17.7. The van der Waals surface area contributed by atoms with Crippen LogP contribution in [-0.2, 0) is 10.8 Å². The maximum atomic E-state index is 11.1. The van der Waals surface area contributed by atoms with E-state index in [1.54, 1.807) is 12.1 Å². The average molecular weight is 513 g/mol. The molecule has 3 aromatic carbocycles. The van der Waals surface area contributed by atoms with E-state index in [0.717, 1.165) is 22.4 Å². The third-order valence-corrected chi connectivity index (χ3v) is 6.31. The number of ether oxygens (including phenoxy) is 1. The molecule has 0 aliphatic carbocycles. The van der Waals surface area contributed by atoms with Crippen molar-refractivity contribution in [2.75, 3.05) is 6.61 Å². The molecule has 0 fully saturated rings. The second-order valence-electron chi connectivity index (χ2n) is 12.3. The Hall–Kier alpha value is -3.55. The third-order valence-electron chi connectivity index (χ3n) is 6.31. The Morgan fingerprint density at radius 1 is 0.895 bits per heavy atom. The van der Waals surface area contributed by atoms with Crippen molar-refractivity contribution in [2.45, 2.75) is 72.3 Å². The Kier molecular flexibility index (Phi) is 8.75. The molecule has 38 heavy (non-hydrogen) atoms. The van der Waals surface area contributed by atoms with E-state index in [4.69, 9.17) is 9.84 Å². The van der Waals surface area contributed by atoms with Crippen molar-refractivity contribution < 1.29 is 19.7 Å². The monoisotopic (exact) mass is 512 g/mol. The van der Waals surface area contributed by atoms with E-state index in [0.29, 0.717) is 23.7 Å². The van der Waals surface area contributed by atoms with Crippen molar-refractivity contribution in [3.63, 3.8) is 0 Å². The third kappa shape index (κ3) is 7.27. The molecule has 3 aromatic rings. The standard InChI is InChI=1S/C34H40O4/c1-22(2)21-38-30-20-26(29(35)18-11-23-9-12-25(13-10-23)32(36)37)19-28(31(30)34(6,7)8)24-14-16-27(17-15-24)33(3,4)5/h9-10,12-17,19-20,22,29,35H,21H2,1-8H3,(H,36,37). The van der Waals surface area contributed by atoms with Crippen molar-refractivity contribution in [1.82, 2.24) is 0 Å². The van der Waals surface area contributed by atoms with Gasteiger partial charge in [-0.1, -0.05) is 91.5 Å². The number of aromatic carboxylic acids is 1.